The fourth-order valence-electron chi connectivity index (χ4n) is 5.27. The lowest BCUT2D eigenvalue weighted by atomic mass is 9.89. The summed E-state index contributed by atoms with van der Waals surface area (Å²) in [4.78, 5) is 14.8. The van der Waals surface area contributed by atoms with Crippen molar-refractivity contribution in [1.82, 2.24) is 14.7 Å². The maximum Gasteiger partial charge on any atom is 0.266 e. The Labute approximate surface area is 216 Å². The van der Waals surface area contributed by atoms with Gasteiger partial charge >= 0.3 is 0 Å². The highest BCUT2D eigenvalue weighted by Gasteiger charge is 2.55. The molecule has 8 nitrogen and oxygen atoms in total. The first kappa shape index (κ1) is 30.0. The first-order chi connectivity index (χ1) is 16.4. The number of methoxy groups -OCH3 is 1. The molecule has 3 rings (SSSR count). The predicted octanol–water partition coefficient (Wildman–Crippen LogP) is 3.34. The summed E-state index contributed by atoms with van der Waals surface area (Å²) in [6.07, 6.45) is 6.54. The summed E-state index contributed by atoms with van der Waals surface area (Å²) in [5, 5.41) is 9.39. The standard InChI is InChI=1S/C25H41N3O5S.ClH/c1-3-4-5-6-21-7-9-22(10-8-21)23-11-15-28(16-12-23)34(31,32)25(24(29)26-30)13-17-27(18-14-25)19-20-33-2;/h7-10,23,30H,3-6,11-20H2,1-2H3,(H,26,29);1H. The van der Waals surface area contributed by atoms with Gasteiger partial charge in [-0.05, 0) is 55.6 Å². The molecule has 0 aliphatic carbocycles. The van der Waals surface area contributed by atoms with Crippen LogP contribution >= 0.6 is 12.4 Å². The number of unbranched alkanes of at least 4 members (excludes halogenated alkanes) is 2. The highest BCUT2D eigenvalue weighted by molar-refractivity contribution is 7.91. The van der Waals surface area contributed by atoms with E-state index in [4.69, 9.17) is 4.74 Å². The summed E-state index contributed by atoms with van der Waals surface area (Å²) < 4.78 is 32.4. The number of piperidine rings is 2. The second-order valence-electron chi connectivity index (χ2n) is 9.65. The van der Waals surface area contributed by atoms with E-state index < -0.39 is 20.7 Å². The van der Waals surface area contributed by atoms with Crippen LogP contribution in [0.4, 0.5) is 0 Å². The van der Waals surface area contributed by atoms with Gasteiger partial charge < -0.3 is 9.64 Å². The summed E-state index contributed by atoms with van der Waals surface area (Å²) >= 11 is 0. The number of carbonyl (C=O) groups is 1. The average molecular weight is 532 g/mol. The van der Waals surface area contributed by atoms with Crippen molar-refractivity contribution in [2.45, 2.75) is 69.0 Å². The number of nitrogens with one attached hydrogen (secondary N) is 1. The summed E-state index contributed by atoms with van der Waals surface area (Å²) in [5.41, 5.74) is 4.26. The topological polar surface area (TPSA) is 99.2 Å². The maximum atomic E-state index is 13.7. The van der Waals surface area contributed by atoms with Crippen LogP contribution in [0.5, 0.6) is 0 Å². The molecule has 0 saturated carbocycles. The monoisotopic (exact) mass is 531 g/mol. The summed E-state index contributed by atoms with van der Waals surface area (Å²) in [6, 6.07) is 8.77. The smallest absolute Gasteiger partial charge is 0.266 e. The van der Waals surface area contributed by atoms with Crippen molar-refractivity contribution in [3.8, 4) is 0 Å². The highest BCUT2D eigenvalue weighted by atomic mass is 35.5. The Morgan fingerprint density at radius 1 is 1.11 bits per heavy atom. The Bertz CT molecular complexity index is 881. The second kappa shape index (κ2) is 13.9. The molecule has 0 radical (unpaired) electrons. The van der Waals surface area contributed by atoms with E-state index in [1.54, 1.807) is 12.6 Å². The quantitative estimate of drug-likeness (QED) is 0.258. The van der Waals surface area contributed by atoms with Crippen LogP contribution in [-0.2, 0) is 26.0 Å². The zero-order valence-electron chi connectivity index (χ0n) is 21.1. The molecule has 1 amide bonds. The van der Waals surface area contributed by atoms with Crippen LogP contribution in [0.3, 0.4) is 0 Å². The average Bonchev–Trinajstić information content (AvgIpc) is 2.88. The Hall–Kier alpha value is -1.23. The highest BCUT2D eigenvalue weighted by Crippen LogP contribution is 2.37. The van der Waals surface area contributed by atoms with E-state index >= 15 is 0 Å². The lowest BCUT2D eigenvalue weighted by Gasteiger charge is -2.43. The maximum absolute atomic E-state index is 13.7. The first-order valence-corrected chi connectivity index (χ1v) is 14.1. The lowest BCUT2D eigenvalue weighted by molar-refractivity contribution is -0.133. The van der Waals surface area contributed by atoms with Crippen LogP contribution in [-0.4, -0.2) is 79.9 Å². The van der Waals surface area contributed by atoms with E-state index in [1.807, 2.05) is 0 Å². The van der Waals surface area contributed by atoms with Gasteiger partial charge in [0.15, 0.2) is 4.75 Å². The third-order valence-electron chi connectivity index (χ3n) is 7.60. The van der Waals surface area contributed by atoms with E-state index in [0.717, 1.165) is 19.3 Å². The molecular weight excluding hydrogens is 490 g/mol. The SMILES string of the molecule is CCCCCc1ccc(C2CCN(S(=O)(=O)C3(C(=O)NO)CCN(CCOC)CC3)CC2)cc1.Cl. The number of carbonyl (C=O) groups excluding carboxylic acids is 1. The molecule has 2 saturated heterocycles. The van der Waals surface area contributed by atoms with Crippen LogP contribution < -0.4 is 5.48 Å². The number of ether oxygens (including phenoxy) is 1. The minimum absolute atomic E-state index is 0. The number of hydroxylamine groups is 1. The molecule has 2 N–H and O–H groups in total. The van der Waals surface area contributed by atoms with E-state index in [0.29, 0.717) is 45.2 Å². The van der Waals surface area contributed by atoms with Gasteiger partial charge in [0.1, 0.15) is 0 Å². The van der Waals surface area contributed by atoms with E-state index in [-0.39, 0.29) is 25.2 Å². The number of likely N-dealkylation sites (tertiary alicyclic amines) is 1. The third-order valence-corrected chi connectivity index (χ3v) is 10.2. The molecule has 1 aromatic rings. The molecule has 2 fully saturated rings. The molecule has 0 spiro atoms. The summed E-state index contributed by atoms with van der Waals surface area (Å²) in [6.45, 7) is 5.17. The number of halogens is 1. The van der Waals surface area contributed by atoms with Crippen molar-refractivity contribution in [2.75, 3.05) is 46.4 Å². The van der Waals surface area contributed by atoms with Crippen molar-refractivity contribution in [3.05, 3.63) is 35.4 Å². The molecule has 1 aromatic carbocycles. The van der Waals surface area contributed by atoms with Crippen molar-refractivity contribution in [3.63, 3.8) is 0 Å². The van der Waals surface area contributed by atoms with Gasteiger partial charge in [0.2, 0.25) is 10.0 Å². The minimum Gasteiger partial charge on any atom is -0.383 e. The number of rotatable bonds is 11. The molecule has 200 valence electrons. The molecule has 2 aliphatic heterocycles. The van der Waals surface area contributed by atoms with Gasteiger partial charge in [0, 0.05) is 39.8 Å². The summed E-state index contributed by atoms with van der Waals surface area (Å²) in [5.74, 6) is -0.505. The van der Waals surface area contributed by atoms with Crippen LogP contribution in [0, 0.1) is 0 Å². The zero-order chi connectivity index (χ0) is 24.6. The largest absolute Gasteiger partial charge is 0.383 e. The summed E-state index contributed by atoms with van der Waals surface area (Å²) in [7, 11) is -2.30. The number of amides is 1. The predicted molar refractivity (Wildman–Crippen MR) is 140 cm³/mol. The Morgan fingerprint density at radius 2 is 1.74 bits per heavy atom. The normalized spacial score (nSPS) is 19.7. The second-order valence-corrected chi connectivity index (χ2v) is 11.9. The van der Waals surface area contributed by atoms with Gasteiger partial charge in [0.25, 0.3) is 5.91 Å². The first-order valence-electron chi connectivity index (χ1n) is 12.6. The molecule has 0 bridgehead atoms. The Balaban J connectivity index is 0.00000432. The van der Waals surface area contributed by atoms with Gasteiger partial charge in [-0.3, -0.25) is 10.0 Å². The van der Waals surface area contributed by atoms with Gasteiger partial charge in [-0.2, -0.15) is 0 Å². The number of nitrogens with zero attached hydrogens (tertiary/aromatic N) is 2. The fourth-order valence-corrected chi connectivity index (χ4v) is 7.44. The van der Waals surface area contributed by atoms with Crippen LogP contribution in [0.1, 0.15) is 68.9 Å². The van der Waals surface area contributed by atoms with Crippen molar-refractivity contribution in [1.29, 1.82) is 0 Å². The van der Waals surface area contributed by atoms with E-state index in [2.05, 4.69) is 36.1 Å². The fraction of sp³-hybridized carbons (Fsp3) is 0.720. The van der Waals surface area contributed by atoms with Gasteiger partial charge in [-0.15, -0.1) is 12.4 Å². The van der Waals surface area contributed by atoms with Gasteiger partial charge in [-0.1, -0.05) is 44.0 Å². The third kappa shape index (κ3) is 6.96. The molecule has 0 atom stereocenters. The number of hydrogen-bond donors (Lipinski definition) is 2. The van der Waals surface area contributed by atoms with Crippen molar-refractivity contribution in [2.24, 2.45) is 0 Å². The minimum atomic E-state index is -3.92. The number of sulfonamides is 1. The molecule has 35 heavy (non-hydrogen) atoms. The molecule has 2 aliphatic rings. The molecule has 2 heterocycles. The van der Waals surface area contributed by atoms with Crippen LogP contribution in [0.15, 0.2) is 24.3 Å². The Kier molecular flexibility index (Phi) is 11.9. The number of hydrogen-bond acceptors (Lipinski definition) is 6. The van der Waals surface area contributed by atoms with Crippen LogP contribution in [0.2, 0.25) is 0 Å². The van der Waals surface area contributed by atoms with Gasteiger partial charge in [-0.25, -0.2) is 18.2 Å². The van der Waals surface area contributed by atoms with Gasteiger partial charge in [0.05, 0.1) is 6.61 Å². The number of benzene rings is 1. The molecular formula is C25H42ClN3O5S. The van der Waals surface area contributed by atoms with Crippen molar-refractivity contribution >= 4 is 28.3 Å². The Morgan fingerprint density at radius 3 is 2.29 bits per heavy atom. The number of aryl methyl sites for hydroxylation is 1. The molecule has 0 aromatic heterocycles. The van der Waals surface area contributed by atoms with Crippen molar-refractivity contribution < 1.29 is 23.2 Å². The lowest BCUT2D eigenvalue weighted by Crippen LogP contribution is -2.62. The molecule has 0 unspecified atom stereocenters. The molecule has 10 heteroatoms. The van der Waals surface area contributed by atoms with E-state index in [9.17, 15) is 18.4 Å². The van der Waals surface area contributed by atoms with E-state index in [1.165, 1.54) is 34.7 Å². The zero-order valence-corrected chi connectivity index (χ0v) is 22.7. The van der Waals surface area contributed by atoms with Crippen LogP contribution in [0.25, 0.3) is 0 Å².